The first-order valence-corrected chi connectivity index (χ1v) is 10.9. The van der Waals surface area contributed by atoms with Gasteiger partial charge in [-0.15, -0.1) is 0 Å². The number of aromatic nitrogens is 3. The van der Waals surface area contributed by atoms with Crippen LogP contribution in [0.15, 0.2) is 42.9 Å². The lowest BCUT2D eigenvalue weighted by Crippen LogP contribution is -2.27. The van der Waals surface area contributed by atoms with E-state index in [0.717, 1.165) is 11.8 Å². The molecule has 0 saturated heterocycles. The van der Waals surface area contributed by atoms with E-state index in [1.165, 1.54) is 6.20 Å². The molecule has 10 nitrogen and oxygen atoms in total. The second-order valence-electron chi connectivity index (χ2n) is 8.47. The molecule has 12 heteroatoms. The molecule has 2 aromatic heterocycles. The van der Waals surface area contributed by atoms with Gasteiger partial charge in [0.05, 0.1) is 18.1 Å². The maximum absolute atomic E-state index is 14.1. The van der Waals surface area contributed by atoms with Gasteiger partial charge in [0.15, 0.2) is 11.6 Å². The van der Waals surface area contributed by atoms with Crippen LogP contribution in [-0.2, 0) is 17.6 Å². The summed E-state index contributed by atoms with van der Waals surface area (Å²) in [5.41, 5.74) is 2.14. The summed E-state index contributed by atoms with van der Waals surface area (Å²) in [6.07, 6.45) is 3.08. The number of anilines is 4. The van der Waals surface area contributed by atoms with Crippen molar-refractivity contribution in [3.05, 3.63) is 65.1 Å². The first kappa shape index (κ1) is 25.6. The summed E-state index contributed by atoms with van der Waals surface area (Å²) in [5.74, 6) is -0.777. The molecule has 0 aliphatic rings. The van der Waals surface area contributed by atoms with Crippen LogP contribution in [0.4, 0.5) is 36.9 Å². The van der Waals surface area contributed by atoms with Crippen LogP contribution in [0.1, 0.15) is 31.9 Å². The Morgan fingerprint density at radius 2 is 1.86 bits per heavy atom. The predicted molar refractivity (Wildman–Crippen MR) is 130 cm³/mol. The van der Waals surface area contributed by atoms with Crippen LogP contribution in [0.2, 0.25) is 5.28 Å². The van der Waals surface area contributed by atoms with Crippen LogP contribution in [0.5, 0.6) is 0 Å². The number of halogens is 2. The number of nitrogens with one attached hydrogen (secondary N) is 3. The standard InChI is InChI=1S/C23H24ClFN6O4/c1-23(2,3)35-22(34)30-18-7-6-15(28-19-17(25)12-27-20(24)31-19)9-14(18)5-4-13-8-16(11-26-10-13)29-21(32)33/h6-12,29H,4-5H2,1-3H3,(H,30,34)(H,32,33)(H,27,28,31). The summed E-state index contributed by atoms with van der Waals surface area (Å²) in [6.45, 7) is 5.27. The molecule has 0 aliphatic heterocycles. The number of ether oxygens (including phenoxy) is 1. The first-order chi connectivity index (χ1) is 16.5. The van der Waals surface area contributed by atoms with Crippen molar-refractivity contribution in [1.82, 2.24) is 15.0 Å². The number of benzene rings is 1. The van der Waals surface area contributed by atoms with Crippen LogP contribution in [0, 0.1) is 5.82 Å². The van der Waals surface area contributed by atoms with Gasteiger partial charge in [-0.2, -0.15) is 4.98 Å². The third-order valence-electron chi connectivity index (χ3n) is 4.45. The number of aryl methyl sites for hydroxylation is 2. The molecule has 0 bridgehead atoms. The van der Waals surface area contributed by atoms with Gasteiger partial charge in [-0.25, -0.2) is 19.0 Å². The lowest BCUT2D eigenvalue weighted by Gasteiger charge is -2.21. The Labute approximate surface area is 205 Å². The molecule has 0 fully saturated rings. The molecule has 3 aromatic rings. The summed E-state index contributed by atoms with van der Waals surface area (Å²) in [4.78, 5) is 34.8. The van der Waals surface area contributed by atoms with Crippen molar-refractivity contribution in [2.75, 3.05) is 16.0 Å². The van der Waals surface area contributed by atoms with E-state index in [4.69, 9.17) is 21.4 Å². The van der Waals surface area contributed by atoms with E-state index in [2.05, 4.69) is 30.9 Å². The molecular weight excluding hydrogens is 479 g/mol. The van der Waals surface area contributed by atoms with Gasteiger partial charge in [0.1, 0.15) is 5.60 Å². The molecule has 2 heterocycles. The molecular formula is C23H24ClFN6O4. The first-order valence-electron chi connectivity index (χ1n) is 10.5. The number of nitrogens with zero attached hydrogens (tertiary/aromatic N) is 3. The van der Waals surface area contributed by atoms with E-state index >= 15 is 0 Å². The maximum atomic E-state index is 14.1. The van der Waals surface area contributed by atoms with Gasteiger partial charge in [-0.1, -0.05) is 0 Å². The molecule has 1 aromatic carbocycles. The molecule has 0 spiro atoms. The van der Waals surface area contributed by atoms with Gasteiger partial charge in [0.25, 0.3) is 0 Å². The molecule has 4 N–H and O–H groups in total. The highest BCUT2D eigenvalue weighted by Crippen LogP contribution is 2.26. The topological polar surface area (TPSA) is 138 Å². The van der Waals surface area contributed by atoms with Crippen molar-refractivity contribution in [2.24, 2.45) is 0 Å². The van der Waals surface area contributed by atoms with Crippen LogP contribution >= 0.6 is 11.6 Å². The summed E-state index contributed by atoms with van der Waals surface area (Å²) in [7, 11) is 0. The van der Waals surface area contributed by atoms with Gasteiger partial charge in [-0.3, -0.25) is 15.6 Å². The molecule has 0 saturated carbocycles. The van der Waals surface area contributed by atoms with E-state index in [9.17, 15) is 14.0 Å². The Morgan fingerprint density at radius 3 is 2.57 bits per heavy atom. The number of carbonyl (C=O) groups excluding carboxylic acids is 1. The van der Waals surface area contributed by atoms with Gasteiger partial charge in [0, 0.05) is 17.6 Å². The number of rotatable bonds is 7. The minimum Gasteiger partial charge on any atom is -0.465 e. The van der Waals surface area contributed by atoms with E-state index in [1.54, 1.807) is 51.2 Å². The van der Waals surface area contributed by atoms with Crippen LogP contribution in [-0.4, -0.2) is 37.8 Å². The van der Waals surface area contributed by atoms with Gasteiger partial charge >= 0.3 is 12.2 Å². The maximum Gasteiger partial charge on any atom is 0.412 e. The highest BCUT2D eigenvalue weighted by atomic mass is 35.5. The largest absolute Gasteiger partial charge is 0.465 e. The minimum absolute atomic E-state index is 0.0968. The number of carboxylic acid groups (broad SMARTS) is 1. The fourth-order valence-electron chi connectivity index (χ4n) is 3.08. The average molecular weight is 503 g/mol. The highest BCUT2D eigenvalue weighted by molar-refractivity contribution is 6.28. The van der Waals surface area contributed by atoms with Crippen molar-refractivity contribution in [3.63, 3.8) is 0 Å². The quantitative estimate of drug-likeness (QED) is 0.305. The smallest absolute Gasteiger partial charge is 0.412 e. The second kappa shape index (κ2) is 11.0. The molecule has 2 amide bonds. The summed E-state index contributed by atoms with van der Waals surface area (Å²) < 4.78 is 19.4. The molecule has 0 unspecified atom stereocenters. The Hall–Kier alpha value is -3.99. The van der Waals surface area contributed by atoms with E-state index < -0.39 is 23.6 Å². The highest BCUT2D eigenvalue weighted by Gasteiger charge is 2.18. The van der Waals surface area contributed by atoms with Crippen LogP contribution in [0.25, 0.3) is 0 Å². The van der Waals surface area contributed by atoms with Crippen LogP contribution in [0.3, 0.4) is 0 Å². The van der Waals surface area contributed by atoms with Crippen molar-refractivity contribution in [3.8, 4) is 0 Å². The number of hydrogen-bond acceptors (Lipinski definition) is 7. The fraction of sp³-hybridized carbons (Fsp3) is 0.261. The summed E-state index contributed by atoms with van der Waals surface area (Å²) >= 11 is 5.77. The lowest BCUT2D eigenvalue weighted by atomic mass is 10.0. The Bertz CT molecular complexity index is 1230. The number of hydrogen-bond donors (Lipinski definition) is 4. The third-order valence-corrected chi connectivity index (χ3v) is 4.63. The molecule has 0 atom stereocenters. The number of carbonyl (C=O) groups is 2. The zero-order valence-corrected chi connectivity index (χ0v) is 20.0. The lowest BCUT2D eigenvalue weighted by molar-refractivity contribution is 0.0635. The van der Waals surface area contributed by atoms with E-state index in [-0.39, 0.29) is 11.1 Å². The molecule has 3 rings (SSSR count). The average Bonchev–Trinajstić information content (AvgIpc) is 2.75. The Kier molecular flexibility index (Phi) is 8.02. The molecule has 0 radical (unpaired) electrons. The summed E-state index contributed by atoms with van der Waals surface area (Å²) in [5, 5.41) is 16.7. The molecule has 0 aliphatic carbocycles. The number of amides is 2. The van der Waals surface area contributed by atoms with Crippen LogP contribution < -0.4 is 16.0 Å². The van der Waals surface area contributed by atoms with Gasteiger partial charge < -0.3 is 15.2 Å². The van der Waals surface area contributed by atoms with Crippen molar-refractivity contribution in [2.45, 2.75) is 39.2 Å². The predicted octanol–water partition coefficient (Wildman–Crippen LogP) is 5.63. The molecule has 184 valence electrons. The second-order valence-corrected chi connectivity index (χ2v) is 8.81. The monoisotopic (exact) mass is 502 g/mol. The number of pyridine rings is 1. The minimum atomic E-state index is -1.19. The van der Waals surface area contributed by atoms with Gasteiger partial charge in [0.2, 0.25) is 5.28 Å². The van der Waals surface area contributed by atoms with E-state index in [0.29, 0.717) is 35.5 Å². The third kappa shape index (κ3) is 8.07. The zero-order chi connectivity index (χ0) is 25.6. The molecule has 35 heavy (non-hydrogen) atoms. The zero-order valence-electron chi connectivity index (χ0n) is 19.2. The van der Waals surface area contributed by atoms with Crippen molar-refractivity contribution >= 4 is 46.7 Å². The van der Waals surface area contributed by atoms with Crippen molar-refractivity contribution in [1.29, 1.82) is 0 Å². The van der Waals surface area contributed by atoms with Crippen molar-refractivity contribution < 1.29 is 23.8 Å². The SMILES string of the molecule is CC(C)(C)OC(=O)Nc1ccc(Nc2nc(Cl)ncc2F)cc1CCc1cncc(NC(=O)O)c1. The Balaban J connectivity index is 1.85. The fourth-order valence-corrected chi connectivity index (χ4v) is 3.21. The van der Waals surface area contributed by atoms with Gasteiger partial charge in [-0.05, 0) is 80.6 Å². The Morgan fingerprint density at radius 1 is 1.09 bits per heavy atom. The normalized spacial score (nSPS) is 11.0. The summed E-state index contributed by atoms with van der Waals surface area (Å²) in [6, 6.07) is 6.70. The van der Waals surface area contributed by atoms with E-state index in [1.807, 2.05) is 0 Å².